The minimum absolute atomic E-state index is 0.0425. The van der Waals surface area contributed by atoms with Gasteiger partial charge in [0, 0.05) is 25.2 Å². The smallest absolute Gasteiger partial charge is 0.316 e. The number of dihydropyridines is 1. The third-order valence-electron chi connectivity index (χ3n) is 8.01. The van der Waals surface area contributed by atoms with Gasteiger partial charge in [-0.2, -0.15) is 0 Å². The lowest BCUT2D eigenvalue weighted by Gasteiger charge is -2.46. The first-order valence-corrected chi connectivity index (χ1v) is 15.5. The molecule has 3 aromatic carbocycles. The second kappa shape index (κ2) is 15.7. The first-order valence-electron chi connectivity index (χ1n) is 15.5. The fraction of sp³-hybridized carbons (Fsp3) is 0.250. The van der Waals surface area contributed by atoms with E-state index in [0.29, 0.717) is 6.54 Å². The van der Waals surface area contributed by atoms with Crippen molar-refractivity contribution in [2.75, 3.05) is 26.2 Å². The Morgan fingerprint density at radius 2 is 1.77 bits per heavy atom. The average Bonchev–Trinajstić information content (AvgIpc) is 3.08. The first kappa shape index (κ1) is 33.0. The number of rotatable bonds is 12. The van der Waals surface area contributed by atoms with Crippen LogP contribution >= 0.6 is 0 Å². The van der Waals surface area contributed by atoms with Gasteiger partial charge in [-0.25, -0.2) is 9.18 Å². The van der Waals surface area contributed by atoms with Gasteiger partial charge in [0.1, 0.15) is 23.8 Å². The summed E-state index contributed by atoms with van der Waals surface area (Å²) in [5, 5.41) is 22.1. The van der Waals surface area contributed by atoms with E-state index in [1.807, 2.05) is 48.6 Å². The van der Waals surface area contributed by atoms with E-state index < -0.39 is 18.2 Å². The van der Waals surface area contributed by atoms with Crippen molar-refractivity contribution in [3.8, 4) is 5.75 Å². The number of aromatic hydroxyl groups is 1. The molecule has 4 amide bonds. The Morgan fingerprint density at radius 3 is 2.49 bits per heavy atom. The second-order valence-corrected chi connectivity index (χ2v) is 11.4. The van der Waals surface area contributed by atoms with Crippen molar-refractivity contribution in [2.45, 2.75) is 31.2 Å². The summed E-state index contributed by atoms with van der Waals surface area (Å²) in [4.78, 5) is 44.3. The van der Waals surface area contributed by atoms with Crippen LogP contribution in [0.2, 0.25) is 0 Å². The van der Waals surface area contributed by atoms with Gasteiger partial charge in [-0.3, -0.25) is 9.59 Å². The maximum Gasteiger partial charge on any atom is 0.316 e. The number of carbonyl (C=O) groups excluding carboxylic acids is 3. The van der Waals surface area contributed by atoms with Crippen LogP contribution in [0.3, 0.4) is 0 Å². The molecular weight excluding hydrogens is 599 g/mol. The Morgan fingerprint density at radius 1 is 1.02 bits per heavy atom. The topological polar surface area (TPSA) is 126 Å². The van der Waals surface area contributed by atoms with Crippen molar-refractivity contribution in [3.05, 3.63) is 138 Å². The highest BCUT2D eigenvalue weighted by molar-refractivity contribution is 5.91. The molecule has 2 heterocycles. The lowest BCUT2D eigenvalue weighted by Crippen LogP contribution is -2.70. The highest BCUT2D eigenvalue weighted by Gasteiger charge is 2.44. The predicted octanol–water partition coefficient (Wildman–Crippen LogP) is 3.50. The molecule has 1 fully saturated rings. The number of hydrogen-bond acceptors (Lipinski definition) is 6. The summed E-state index contributed by atoms with van der Waals surface area (Å²) in [5.74, 6) is -0.881. The molecular formula is C36H39FN6O4. The third kappa shape index (κ3) is 8.86. The Bertz CT molecular complexity index is 1610. The van der Waals surface area contributed by atoms with E-state index in [-0.39, 0.29) is 62.0 Å². The van der Waals surface area contributed by atoms with E-state index in [1.165, 1.54) is 29.2 Å². The van der Waals surface area contributed by atoms with Gasteiger partial charge in [0.15, 0.2) is 0 Å². The number of benzene rings is 3. The van der Waals surface area contributed by atoms with Gasteiger partial charge in [-0.05, 0) is 47.0 Å². The van der Waals surface area contributed by atoms with Gasteiger partial charge in [0.25, 0.3) is 0 Å². The Kier molecular flexibility index (Phi) is 11.0. The van der Waals surface area contributed by atoms with Crippen molar-refractivity contribution in [1.82, 2.24) is 31.1 Å². The highest BCUT2D eigenvalue weighted by Crippen LogP contribution is 2.25. The summed E-state index contributed by atoms with van der Waals surface area (Å²) >= 11 is 0. The lowest BCUT2D eigenvalue weighted by atomic mass is 9.98. The predicted molar refractivity (Wildman–Crippen MR) is 177 cm³/mol. The summed E-state index contributed by atoms with van der Waals surface area (Å²) in [6.07, 6.45) is 6.65. The van der Waals surface area contributed by atoms with E-state index in [9.17, 15) is 23.9 Å². The molecule has 0 aliphatic carbocycles. The van der Waals surface area contributed by atoms with E-state index in [2.05, 4.69) is 27.8 Å². The molecule has 5 rings (SSSR count). The maximum absolute atomic E-state index is 14.2. The van der Waals surface area contributed by atoms with Crippen LogP contribution < -0.4 is 21.3 Å². The van der Waals surface area contributed by atoms with Gasteiger partial charge in [-0.1, -0.05) is 72.8 Å². The van der Waals surface area contributed by atoms with Crippen LogP contribution in [0.4, 0.5) is 9.18 Å². The van der Waals surface area contributed by atoms with Crippen LogP contribution in [0.25, 0.3) is 0 Å². The van der Waals surface area contributed by atoms with Crippen LogP contribution in [-0.2, 0) is 22.6 Å². The summed E-state index contributed by atoms with van der Waals surface area (Å²) in [6.45, 7) is 4.52. The van der Waals surface area contributed by atoms with E-state index in [4.69, 9.17) is 0 Å². The summed E-state index contributed by atoms with van der Waals surface area (Å²) in [5.41, 5.74) is 3.26. The zero-order valence-electron chi connectivity index (χ0n) is 25.9. The molecule has 244 valence electrons. The van der Waals surface area contributed by atoms with Gasteiger partial charge < -0.3 is 36.2 Å². The molecule has 0 radical (unpaired) electrons. The van der Waals surface area contributed by atoms with E-state index >= 15 is 0 Å². The Balaban J connectivity index is 1.40. The molecule has 47 heavy (non-hydrogen) atoms. The SMILES string of the molecule is C=CCNCC(=O)N1C(NC(=O)NCc2ccccc2)CN(CC2=CC=CC(c3ccc(F)cc3)N2)C(=O)[C@@H]1Cc1ccc(O)cc1. The molecule has 10 nitrogen and oxygen atoms in total. The minimum atomic E-state index is -0.946. The van der Waals surface area contributed by atoms with Crippen molar-refractivity contribution in [1.29, 1.82) is 0 Å². The van der Waals surface area contributed by atoms with E-state index in [0.717, 1.165) is 22.4 Å². The minimum Gasteiger partial charge on any atom is -0.508 e. The fourth-order valence-corrected chi connectivity index (χ4v) is 5.68. The van der Waals surface area contributed by atoms with Gasteiger partial charge in [-0.15, -0.1) is 6.58 Å². The second-order valence-electron chi connectivity index (χ2n) is 11.4. The molecule has 2 unspecified atom stereocenters. The largest absolute Gasteiger partial charge is 0.508 e. The number of allylic oxidation sites excluding steroid dienone is 2. The molecule has 0 bridgehead atoms. The van der Waals surface area contributed by atoms with Crippen LogP contribution in [-0.4, -0.2) is 71.1 Å². The number of phenols is 1. The molecule has 5 N–H and O–H groups in total. The molecule has 0 saturated carbocycles. The fourth-order valence-electron chi connectivity index (χ4n) is 5.68. The number of halogens is 1. The third-order valence-corrected chi connectivity index (χ3v) is 8.01. The number of amides is 4. The standard InChI is InChI=1S/C36H39FN6O4/c1-2-19-38-22-34(45)43-32(20-25-11-17-30(44)18-12-25)35(46)42(24-33(43)41-36(47)39-21-26-7-4-3-5-8-26)23-29-9-6-10-31(40-29)27-13-15-28(37)16-14-27/h2-18,31-33,38,40,44H,1,19-24H2,(H2,39,41,47)/t31?,32-,33?/m0/s1. The molecule has 1 saturated heterocycles. The number of nitrogens with zero attached hydrogens (tertiary/aromatic N) is 2. The monoisotopic (exact) mass is 638 g/mol. The number of hydrogen-bond donors (Lipinski definition) is 5. The average molecular weight is 639 g/mol. The number of phenolic OH excluding ortho intramolecular Hbond substituents is 1. The van der Waals surface area contributed by atoms with Crippen molar-refractivity contribution >= 4 is 17.8 Å². The summed E-state index contributed by atoms with van der Waals surface area (Å²) in [7, 11) is 0. The lowest BCUT2D eigenvalue weighted by molar-refractivity contribution is -0.156. The molecule has 2 aliphatic rings. The van der Waals surface area contributed by atoms with Crippen LogP contribution in [0, 0.1) is 5.82 Å². The molecule has 3 atom stereocenters. The zero-order chi connectivity index (χ0) is 33.2. The van der Waals surface area contributed by atoms with Crippen molar-refractivity contribution in [2.24, 2.45) is 0 Å². The number of carbonyl (C=O) groups is 3. The molecule has 11 heteroatoms. The first-order chi connectivity index (χ1) is 22.8. The summed E-state index contributed by atoms with van der Waals surface area (Å²) < 4.78 is 13.6. The molecule has 2 aliphatic heterocycles. The van der Waals surface area contributed by atoms with Crippen LogP contribution in [0.15, 0.2) is 115 Å². The zero-order valence-corrected chi connectivity index (χ0v) is 25.9. The number of urea groups is 1. The van der Waals surface area contributed by atoms with Crippen molar-refractivity contribution in [3.63, 3.8) is 0 Å². The van der Waals surface area contributed by atoms with Gasteiger partial charge in [0.2, 0.25) is 11.8 Å². The molecule has 0 aromatic heterocycles. The van der Waals surface area contributed by atoms with Gasteiger partial charge >= 0.3 is 6.03 Å². The van der Waals surface area contributed by atoms with E-state index in [1.54, 1.807) is 35.2 Å². The van der Waals surface area contributed by atoms with Gasteiger partial charge in [0.05, 0.1) is 25.7 Å². The highest BCUT2D eigenvalue weighted by atomic mass is 19.1. The number of nitrogens with one attached hydrogen (secondary N) is 4. The quantitative estimate of drug-likeness (QED) is 0.153. The summed E-state index contributed by atoms with van der Waals surface area (Å²) in [6, 6.07) is 20.5. The van der Waals surface area contributed by atoms with Crippen LogP contribution in [0.1, 0.15) is 22.7 Å². The molecule has 0 spiro atoms. The molecule has 3 aromatic rings. The normalized spacial score (nSPS) is 19.0. The van der Waals surface area contributed by atoms with Crippen molar-refractivity contribution < 1.29 is 23.9 Å². The van der Waals surface area contributed by atoms with Crippen LogP contribution in [0.5, 0.6) is 5.75 Å². The number of piperazine rings is 1. The Labute approximate surface area is 273 Å². The maximum atomic E-state index is 14.2. The Hall–Kier alpha value is -5.42.